The number of carboxylic acids is 1. The Morgan fingerprint density at radius 1 is 1.47 bits per heavy atom. The van der Waals surface area contributed by atoms with Gasteiger partial charge in [-0.1, -0.05) is 17.7 Å². The predicted octanol–water partition coefficient (Wildman–Crippen LogP) is 3.94. The number of aromatic nitrogens is 1. The van der Waals surface area contributed by atoms with Crippen molar-refractivity contribution in [3.63, 3.8) is 0 Å². The summed E-state index contributed by atoms with van der Waals surface area (Å²) in [6, 6.07) is 4.75. The van der Waals surface area contributed by atoms with Crippen LogP contribution in [-0.4, -0.2) is 16.1 Å². The van der Waals surface area contributed by atoms with Gasteiger partial charge < -0.3 is 9.52 Å². The van der Waals surface area contributed by atoms with Crippen molar-refractivity contribution < 1.29 is 23.1 Å². The Morgan fingerprint density at radius 3 is 2.68 bits per heavy atom. The van der Waals surface area contributed by atoms with Gasteiger partial charge in [-0.25, -0.2) is 18.6 Å². The van der Waals surface area contributed by atoms with E-state index in [0.717, 1.165) is 0 Å². The SMILES string of the molecule is Cc1ccc(Cl)cc1-c1nc(C(F)F)c(C(=O)O)o1. The molecule has 0 atom stereocenters. The summed E-state index contributed by atoms with van der Waals surface area (Å²) >= 11 is 5.80. The fourth-order valence-corrected chi connectivity index (χ4v) is 1.75. The molecule has 0 amide bonds. The van der Waals surface area contributed by atoms with Crippen LogP contribution in [0.25, 0.3) is 11.5 Å². The van der Waals surface area contributed by atoms with Crippen molar-refractivity contribution >= 4 is 17.6 Å². The lowest BCUT2D eigenvalue weighted by molar-refractivity contribution is 0.0647. The van der Waals surface area contributed by atoms with E-state index in [1.165, 1.54) is 6.07 Å². The molecule has 0 aliphatic heterocycles. The molecular formula is C12H8ClF2NO3. The summed E-state index contributed by atoms with van der Waals surface area (Å²) in [6.45, 7) is 1.71. The minimum absolute atomic E-state index is 0.187. The van der Waals surface area contributed by atoms with Crippen LogP contribution in [0.4, 0.5) is 8.78 Å². The Hall–Kier alpha value is -1.95. The highest BCUT2D eigenvalue weighted by molar-refractivity contribution is 6.30. The van der Waals surface area contributed by atoms with Gasteiger partial charge in [-0.05, 0) is 24.6 Å². The first kappa shape index (κ1) is 13.5. The van der Waals surface area contributed by atoms with Crippen molar-refractivity contribution in [1.82, 2.24) is 4.98 Å². The molecular weight excluding hydrogens is 280 g/mol. The summed E-state index contributed by atoms with van der Waals surface area (Å²) in [5.74, 6) is -2.63. The molecule has 0 aliphatic carbocycles. The average Bonchev–Trinajstić information content (AvgIpc) is 2.77. The number of aryl methyl sites for hydroxylation is 1. The zero-order valence-corrected chi connectivity index (χ0v) is 10.4. The molecule has 100 valence electrons. The monoisotopic (exact) mass is 287 g/mol. The second kappa shape index (κ2) is 4.97. The zero-order valence-electron chi connectivity index (χ0n) is 9.65. The number of nitrogens with zero attached hydrogens (tertiary/aromatic N) is 1. The van der Waals surface area contributed by atoms with E-state index in [0.29, 0.717) is 16.1 Å². The summed E-state index contributed by atoms with van der Waals surface area (Å²) in [5, 5.41) is 9.18. The Kier molecular flexibility index (Phi) is 3.53. The number of oxazole rings is 1. The summed E-state index contributed by atoms with van der Waals surface area (Å²) in [4.78, 5) is 14.4. The van der Waals surface area contributed by atoms with E-state index in [1.54, 1.807) is 19.1 Å². The second-order valence-electron chi connectivity index (χ2n) is 3.80. The van der Waals surface area contributed by atoms with Crippen LogP contribution in [0.1, 0.15) is 28.2 Å². The lowest BCUT2D eigenvalue weighted by Gasteiger charge is -2.01. The smallest absolute Gasteiger partial charge is 0.374 e. The fraction of sp³-hybridized carbons (Fsp3) is 0.167. The molecule has 2 aromatic rings. The molecule has 0 saturated carbocycles. The molecule has 1 aromatic carbocycles. The number of alkyl halides is 2. The molecule has 0 radical (unpaired) electrons. The van der Waals surface area contributed by atoms with Crippen molar-refractivity contribution in [2.24, 2.45) is 0 Å². The van der Waals surface area contributed by atoms with Crippen molar-refractivity contribution in [1.29, 1.82) is 0 Å². The Bertz CT molecular complexity index is 640. The first-order chi connectivity index (χ1) is 8.90. The highest BCUT2D eigenvalue weighted by Gasteiger charge is 2.27. The molecule has 0 fully saturated rings. The fourth-order valence-electron chi connectivity index (χ4n) is 1.57. The molecule has 0 unspecified atom stereocenters. The van der Waals surface area contributed by atoms with E-state index in [9.17, 15) is 13.6 Å². The van der Waals surface area contributed by atoms with E-state index in [2.05, 4.69) is 4.98 Å². The molecule has 1 aromatic heterocycles. The van der Waals surface area contributed by atoms with E-state index >= 15 is 0 Å². The third-order valence-corrected chi connectivity index (χ3v) is 2.72. The van der Waals surface area contributed by atoms with E-state index in [-0.39, 0.29) is 5.89 Å². The van der Waals surface area contributed by atoms with Crippen LogP contribution < -0.4 is 0 Å². The molecule has 4 nitrogen and oxygen atoms in total. The van der Waals surface area contributed by atoms with Gasteiger partial charge in [0, 0.05) is 10.6 Å². The summed E-state index contributed by atoms with van der Waals surface area (Å²) in [6.07, 6.45) is -3.02. The summed E-state index contributed by atoms with van der Waals surface area (Å²) in [5.41, 5.74) is 0.173. The number of halogens is 3. The lowest BCUT2D eigenvalue weighted by atomic mass is 10.1. The number of carboxylic acid groups (broad SMARTS) is 1. The van der Waals surface area contributed by atoms with Crippen molar-refractivity contribution in [3.8, 4) is 11.5 Å². The number of hydrogen-bond donors (Lipinski definition) is 1. The molecule has 7 heteroatoms. The van der Waals surface area contributed by atoms with Gasteiger partial charge in [0.2, 0.25) is 11.7 Å². The highest BCUT2D eigenvalue weighted by Crippen LogP contribution is 2.31. The van der Waals surface area contributed by atoms with E-state index in [1.807, 2.05) is 0 Å². The highest BCUT2D eigenvalue weighted by atomic mass is 35.5. The summed E-state index contributed by atoms with van der Waals surface area (Å²) in [7, 11) is 0. The number of aromatic carboxylic acids is 1. The zero-order chi connectivity index (χ0) is 14.2. The van der Waals surface area contributed by atoms with Crippen LogP contribution in [0.5, 0.6) is 0 Å². The first-order valence-corrected chi connectivity index (χ1v) is 5.56. The van der Waals surface area contributed by atoms with Crippen LogP contribution in [0.15, 0.2) is 22.6 Å². The van der Waals surface area contributed by atoms with Crippen molar-refractivity contribution in [3.05, 3.63) is 40.2 Å². The first-order valence-electron chi connectivity index (χ1n) is 5.19. The predicted molar refractivity (Wildman–Crippen MR) is 63.6 cm³/mol. The van der Waals surface area contributed by atoms with Gasteiger partial charge in [-0.3, -0.25) is 0 Å². The van der Waals surface area contributed by atoms with Gasteiger partial charge in [0.05, 0.1) is 0 Å². The summed E-state index contributed by atoms with van der Waals surface area (Å²) < 4.78 is 30.3. The van der Waals surface area contributed by atoms with E-state index in [4.69, 9.17) is 21.1 Å². The number of rotatable bonds is 3. The van der Waals surface area contributed by atoms with Gasteiger partial charge in [0.25, 0.3) is 6.43 Å². The number of benzene rings is 1. The lowest BCUT2D eigenvalue weighted by Crippen LogP contribution is -1.99. The van der Waals surface area contributed by atoms with Crippen molar-refractivity contribution in [2.45, 2.75) is 13.3 Å². The molecule has 1 heterocycles. The molecule has 0 bridgehead atoms. The molecule has 19 heavy (non-hydrogen) atoms. The maximum Gasteiger partial charge on any atom is 0.374 e. The second-order valence-corrected chi connectivity index (χ2v) is 4.23. The quantitative estimate of drug-likeness (QED) is 0.928. The molecule has 0 aliphatic rings. The van der Waals surface area contributed by atoms with Crippen LogP contribution >= 0.6 is 11.6 Å². The normalized spacial score (nSPS) is 11.0. The van der Waals surface area contributed by atoms with Gasteiger partial charge in [-0.2, -0.15) is 0 Å². The maximum absolute atomic E-state index is 12.7. The Morgan fingerprint density at radius 2 is 2.16 bits per heavy atom. The standard InChI is InChI=1S/C12H8ClF2NO3/c1-5-2-3-6(13)4-7(5)11-16-8(10(14)15)9(19-11)12(17)18/h2-4,10H,1H3,(H,17,18). The minimum Gasteiger partial charge on any atom is -0.475 e. The Balaban J connectivity index is 2.60. The topological polar surface area (TPSA) is 63.3 Å². The minimum atomic E-state index is -3.02. The molecule has 2 rings (SSSR count). The van der Waals surface area contributed by atoms with Gasteiger partial charge in [-0.15, -0.1) is 0 Å². The maximum atomic E-state index is 12.7. The van der Waals surface area contributed by atoms with E-state index < -0.39 is 23.8 Å². The largest absolute Gasteiger partial charge is 0.475 e. The van der Waals surface area contributed by atoms with Crippen LogP contribution in [-0.2, 0) is 0 Å². The Labute approximate surface area is 111 Å². The van der Waals surface area contributed by atoms with Gasteiger partial charge in [0.1, 0.15) is 0 Å². The average molecular weight is 288 g/mol. The number of carbonyl (C=O) groups is 1. The van der Waals surface area contributed by atoms with Crippen LogP contribution in [0.2, 0.25) is 5.02 Å². The van der Waals surface area contributed by atoms with Crippen molar-refractivity contribution in [2.75, 3.05) is 0 Å². The molecule has 0 saturated heterocycles. The third kappa shape index (κ3) is 2.58. The van der Waals surface area contributed by atoms with Gasteiger partial charge in [0.15, 0.2) is 5.69 Å². The third-order valence-electron chi connectivity index (χ3n) is 2.48. The van der Waals surface area contributed by atoms with Crippen LogP contribution in [0, 0.1) is 6.92 Å². The molecule has 0 spiro atoms. The molecule has 1 N–H and O–H groups in total. The van der Waals surface area contributed by atoms with Gasteiger partial charge >= 0.3 is 5.97 Å². The number of hydrogen-bond acceptors (Lipinski definition) is 3. The van der Waals surface area contributed by atoms with Crippen LogP contribution in [0.3, 0.4) is 0 Å².